The van der Waals surface area contributed by atoms with Crippen LogP contribution in [-0.4, -0.2) is 4.98 Å². The first-order valence-electron chi connectivity index (χ1n) is 4.34. The minimum atomic E-state index is 0.442. The van der Waals surface area contributed by atoms with Crippen LogP contribution in [0, 0.1) is 0 Å². The second-order valence-corrected chi connectivity index (χ2v) is 3.86. The largest absolute Gasteiger partial charge is 0.399 e. The molecule has 1 heterocycles. The molecule has 4 heteroatoms. The van der Waals surface area contributed by atoms with E-state index in [2.05, 4.69) is 4.98 Å². The van der Waals surface area contributed by atoms with E-state index in [0.29, 0.717) is 15.7 Å². The molecule has 76 valence electrons. The number of nitrogens with zero attached hydrogens (tertiary/aromatic N) is 1. The highest BCUT2D eigenvalue weighted by Gasteiger charge is 2.08. The quantitative estimate of drug-likeness (QED) is 0.771. The van der Waals surface area contributed by atoms with Gasteiger partial charge in [0.1, 0.15) is 0 Å². The molecule has 2 N–H and O–H groups in total. The van der Waals surface area contributed by atoms with Gasteiger partial charge in [0.2, 0.25) is 0 Å². The van der Waals surface area contributed by atoms with E-state index in [1.807, 2.05) is 18.2 Å². The summed E-state index contributed by atoms with van der Waals surface area (Å²) in [6.45, 7) is 0. The van der Waals surface area contributed by atoms with Crippen molar-refractivity contribution in [3.8, 4) is 11.3 Å². The lowest BCUT2D eigenvalue weighted by atomic mass is 10.1. The van der Waals surface area contributed by atoms with Crippen molar-refractivity contribution >= 4 is 28.9 Å². The summed E-state index contributed by atoms with van der Waals surface area (Å²) in [7, 11) is 0. The Balaban J connectivity index is 2.63. The number of benzene rings is 1. The molecule has 0 spiro atoms. The molecule has 0 aliphatic rings. The Morgan fingerprint density at radius 3 is 2.60 bits per heavy atom. The van der Waals surface area contributed by atoms with Gasteiger partial charge in [-0.25, -0.2) is 0 Å². The monoisotopic (exact) mass is 238 g/mol. The molecule has 0 saturated heterocycles. The number of hydrogen-bond donors (Lipinski definition) is 1. The van der Waals surface area contributed by atoms with Gasteiger partial charge in [0, 0.05) is 17.4 Å². The second-order valence-electron chi connectivity index (χ2n) is 3.08. The van der Waals surface area contributed by atoms with E-state index in [4.69, 9.17) is 28.9 Å². The predicted octanol–water partition coefficient (Wildman–Crippen LogP) is 3.64. The van der Waals surface area contributed by atoms with Gasteiger partial charge in [-0.2, -0.15) is 0 Å². The fraction of sp³-hybridized carbons (Fsp3) is 0. The number of pyridine rings is 1. The first-order valence-corrected chi connectivity index (χ1v) is 5.10. The van der Waals surface area contributed by atoms with Gasteiger partial charge in [0.25, 0.3) is 0 Å². The van der Waals surface area contributed by atoms with Gasteiger partial charge < -0.3 is 5.73 Å². The fourth-order valence-corrected chi connectivity index (χ4v) is 1.75. The molecule has 0 fully saturated rings. The van der Waals surface area contributed by atoms with E-state index in [9.17, 15) is 0 Å². The molecule has 0 saturated carbocycles. The first kappa shape index (κ1) is 10.3. The van der Waals surface area contributed by atoms with E-state index in [0.717, 1.165) is 11.3 Å². The Hall–Kier alpha value is -1.25. The Labute approximate surface area is 97.7 Å². The van der Waals surface area contributed by atoms with E-state index in [1.165, 1.54) is 0 Å². The van der Waals surface area contributed by atoms with Crippen molar-refractivity contribution in [2.24, 2.45) is 0 Å². The van der Waals surface area contributed by atoms with Crippen molar-refractivity contribution < 1.29 is 0 Å². The molecule has 2 rings (SSSR count). The minimum Gasteiger partial charge on any atom is -0.399 e. The van der Waals surface area contributed by atoms with E-state index >= 15 is 0 Å². The van der Waals surface area contributed by atoms with Gasteiger partial charge in [0.15, 0.2) is 0 Å². The topological polar surface area (TPSA) is 38.9 Å². The highest BCUT2D eigenvalue weighted by Crippen LogP contribution is 2.34. The normalized spacial score (nSPS) is 10.3. The lowest BCUT2D eigenvalue weighted by Crippen LogP contribution is -1.89. The molecule has 2 aromatic rings. The zero-order valence-corrected chi connectivity index (χ0v) is 9.26. The third kappa shape index (κ3) is 2.06. The van der Waals surface area contributed by atoms with Crippen LogP contribution in [0.25, 0.3) is 11.3 Å². The number of rotatable bonds is 1. The average Bonchev–Trinajstić information content (AvgIpc) is 2.24. The Kier molecular flexibility index (Phi) is 2.80. The van der Waals surface area contributed by atoms with Crippen LogP contribution in [0.5, 0.6) is 0 Å². The summed E-state index contributed by atoms with van der Waals surface area (Å²) in [5.41, 5.74) is 7.78. The van der Waals surface area contributed by atoms with Gasteiger partial charge in [-0.3, -0.25) is 4.98 Å². The van der Waals surface area contributed by atoms with Crippen LogP contribution >= 0.6 is 23.2 Å². The van der Waals surface area contributed by atoms with Gasteiger partial charge in [-0.05, 0) is 24.3 Å². The predicted molar refractivity (Wildman–Crippen MR) is 64.1 cm³/mol. The molecule has 0 radical (unpaired) electrons. The maximum atomic E-state index is 6.07. The third-order valence-corrected chi connectivity index (χ3v) is 2.79. The number of halogens is 2. The molecule has 15 heavy (non-hydrogen) atoms. The first-order chi connectivity index (χ1) is 7.18. The van der Waals surface area contributed by atoms with Gasteiger partial charge in [-0.15, -0.1) is 0 Å². The summed E-state index contributed by atoms with van der Waals surface area (Å²) in [5.74, 6) is 0. The van der Waals surface area contributed by atoms with Crippen molar-refractivity contribution in [2.45, 2.75) is 0 Å². The van der Waals surface area contributed by atoms with Crippen molar-refractivity contribution in [3.05, 3.63) is 46.6 Å². The van der Waals surface area contributed by atoms with Crippen LogP contribution in [0.3, 0.4) is 0 Å². The number of anilines is 1. The number of nitrogen functional groups attached to an aromatic ring is 1. The summed E-state index contributed by atoms with van der Waals surface area (Å²) in [4.78, 5) is 4.19. The Morgan fingerprint density at radius 1 is 1.13 bits per heavy atom. The molecular formula is C11H8Cl2N2. The highest BCUT2D eigenvalue weighted by molar-refractivity contribution is 6.43. The fourth-order valence-electron chi connectivity index (χ4n) is 1.32. The summed E-state index contributed by atoms with van der Waals surface area (Å²) in [6.07, 6.45) is 1.70. The van der Waals surface area contributed by atoms with Crippen LogP contribution in [-0.2, 0) is 0 Å². The molecule has 1 aromatic heterocycles. The molecule has 0 bridgehead atoms. The van der Waals surface area contributed by atoms with E-state index in [-0.39, 0.29) is 0 Å². The van der Waals surface area contributed by atoms with Crippen LogP contribution in [0.2, 0.25) is 10.0 Å². The van der Waals surface area contributed by atoms with Crippen LogP contribution in [0.1, 0.15) is 0 Å². The maximum Gasteiger partial charge on any atom is 0.0718 e. The summed E-state index contributed by atoms with van der Waals surface area (Å²) >= 11 is 12.0. The van der Waals surface area contributed by atoms with Crippen molar-refractivity contribution in [1.82, 2.24) is 4.98 Å². The standard InChI is InChI=1S/C11H8Cl2N2/c12-9-6-7(14)5-8(11(9)13)10-3-1-2-4-15-10/h1-6H,14H2. The van der Waals surface area contributed by atoms with Crippen LogP contribution in [0.4, 0.5) is 5.69 Å². The van der Waals surface area contributed by atoms with Crippen molar-refractivity contribution in [1.29, 1.82) is 0 Å². The van der Waals surface area contributed by atoms with Gasteiger partial charge >= 0.3 is 0 Å². The molecule has 0 amide bonds. The zero-order chi connectivity index (χ0) is 10.8. The van der Waals surface area contributed by atoms with Crippen molar-refractivity contribution in [2.75, 3.05) is 5.73 Å². The van der Waals surface area contributed by atoms with Gasteiger partial charge in [0.05, 0.1) is 15.7 Å². The molecule has 0 unspecified atom stereocenters. The molecule has 0 aliphatic heterocycles. The van der Waals surface area contributed by atoms with Crippen LogP contribution < -0.4 is 5.73 Å². The summed E-state index contributed by atoms with van der Waals surface area (Å²) < 4.78 is 0. The van der Waals surface area contributed by atoms with E-state index in [1.54, 1.807) is 18.3 Å². The second kappa shape index (κ2) is 4.09. The van der Waals surface area contributed by atoms with Crippen LogP contribution in [0.15, 0.2) is 36.5 Å². The minimum absolute atomic E-state index is 0.442. The van der Waals surface area contributed by atoms with E-state index < -0.39 is 0 Å². The Bertz CT molecular complexity index is 483. The maximum absolute atomic E-state index is 6.07. The summed E-state index contributed by atoms with van der Waals surface area (Å²) in [5, 5.41) is 0.918. The molecular weight excluding hydrogens is 231 g/mol. The van der Waals surface area contributed by atoms with Gasteiger partial charge in [-0.1, -0.05) is 29.3 Å². The highest BCUT2D eigenvalue weighted by atomic mass is 35.5. The molecule has 0 aliphatic carbocycles. The number of nitrogens with two attached hydrogens (primary N) is 1. The SMILES string of the molecule is Nc1cc(Cl)c(Cl)c(-c2ccccn2)c1. The number of aromatic nitrogens is 1. The lowest BCUT2D eigenvalue weighted by molar-refractivity contribution is 1.33. The third-order valence-electron chi connectivity index (χ3n) is 1.99. The zero-order valence-electron chi connectivity index (χ0n) is 7.74. The lowest BCUT2D eigenvalue weighted by Gasteiger charge is -2.06. The summed E-state index contributed by atoms with van der Waals surface area (Å²) in [6, 6.07) is 8.96. The average molecular weight is 239 g/mol. The van der Waals surface area contributed by atoms with Crippen molar-refractivity contribution in [3.63, 3.8) is 0 Å². The molecule has 0 atom stereocenters. The molecule has 1 aromatic carbocycles. The molecule has 2 nitrogen and oxygen atoms in total. The number of hydrogen-bond acceptors (Lipinski definition) is 2. The smallest absolute Gasteiger partial charge is 0.0718 e. The Morgan fingerprint density at radius 2 is 1.93 bits per heavy atom.